The molecule has 0 saturated carbocycles. The average molecular weight is 421 g/mol. The van der Waals surface area contributed by atoms with Gasteiger partial charge in [-0.05, 0) is 19.8 Å². The number of fused-ring (bicyclic) bond motifs is 1. The molecule has 0 amide bonds. The van der Waals surface area contributed by atoms with Crippen molar-refractivity contribution < 1.29 is 17.7 Å². The third-order valence-corrected chi connectivity index (χ3v) is 5.40. The van der Waals surface area contributed by atoms with Gasteiger partial charge in [-0.2, -0.15) is 10.1 Å². The molecule has 1 fully saturated rings. The van der Waals surface area contributed by atoms with E-state index in [1.54, 1.807) is 12.4 Å². The number of hydrogen-bond acceptors (Lipinski definition) is 9. The van der Waals surface area contributed by atoms with Crippen LogP contribution in [0.1, 0.15) is 25.6 Å². The van der Waals surface area contributed by atoms with Gasteiger partial charge < -0.3 is 14.6 Å². The number of pyridine rings is 1. The first-order valence-electron chi connectivity index (χ1n) is 9.41. The highest BCUT2D eigenvalue weighted by atomic mass is 32.2. The summed E-state index contributed by atoms with van der Waals surface area (Å²) in [5.41, 5.74) is 2.25. The van der Waals surface area contributed by atoms with Crippen molar-refractivity contribution in [3.05, 3.63) is 18.2 Å². The summed E-state index contributed by atoms with van der Waals surface area (Å²) < 4.78 is 37.6. The molecule has 4 heterocycles. The number of nitrogens with zero attached hydrogens (tertiary/aromatic N) is 5. The molecule has 1 saturated heterocycles. The fourth-order valence-corrected chi connectivity index (χ4v) is 3.64. The molecule has 3 aromatic heterocycles. The van der Waals surface area contributed by atoms with Crippen LogP contribution in [0.5, 0.6) is 0 Å². The Bertz CT molecular complexity index is 1100. The maximum absolute atomic E-state index is 11.3. The van der Waals surface area contributed by atoms with Gasteiger partial charge in [0.1, 0.15) is 0 Å². The van der Waals surface area contributed by atoms with E-state index in [-0.39, 0.29) is 24.3 Å². The molecule has 0 bridgehead atoms. The molecule has 0 aliphatic carbocycles. The third kappa shape index (κ3) is 4.38. The summed E-state index contributed by atoms with van der Waals surface area (Å²) >= 11 is 0. The Labute approximate surface area is 167 Å². The topological polar surface area (TPSA) is 137 Å². The predicted molar refractivity (Wildman–Crippen MR) is 106 cm³/mol. The zero-order chi connectivity index (χ0) is 20.4. The Morgan fingerprint density at radius 1 is 1.28 bits per heavy atom. The van der Waals surface area contributed by atoms with E-state index in [0.717, 1.165) is 35.8 Å². The fraction of sp³-hybridized carbons (Fsp3) is 0.529. The van der Waals surface area contributed by atoms with E-state index in [9.17, 15) is 8.42 Å². The summed E-state index contributed by atoms with van der Waals surface area (Å²) in [6.45, 7) is 4.07. The molecule has 0 aromatic carbocycles. The molecule has 11 nitrogen and oxygen atoms in total. The minimum Gasteiger partial charge on any atom is -0.381 e. The number of nitrogens with one attached hydrogen (secondary N) is 2. The summed E-state index contributed by atoms with van der Waals surface area (Å²) in [6.07, 6.45) is 6.31. The monoisotopic (exact) mass is 421 g/mol. The van der Waals surface area contributed by atoms with E-state index in [1.807, 2.05) is 11.6 Å². The standard InChI is InChI=1S/C17H23N7O4S/c1-3-24-16-12(9-19-24)15(21-11-4-6-27-7-5-11)13(8-18-16)17-22-14(23-28-17)10-20-29(2,25)26/h8-9,11,20H,3-7,10H2,1-2H3,(H,18,21). The summed E-state index contributed by atoms with van der Waals surface area (Å²) in [6, 6.07) is 0.243. The predicted octanol–water partition coefficient (Wildman–Crippen LogP) is 1.14. The summed E-state index contributed by atoms with van der Waals surface area (Å²) in [5, 5.41) is 12.7. The Hall–Kier alpha value is -2.57. The molecule has 0 radical (unpaired) electrons. The normalized spacial score (nSPS) is 15.8. The average Bonchev–Trinajstić information content (AvgIpc) is 3.34. The van der Waals surface area contributed by atoms with Crippen LogP contribution in [0.25, 0.3) is 22.5 Å². The van der Waals surface area contributed by atoms with Crippen molar-refractivity contribution in [3.8, 4) is 11.5 Å². The molecular formula is C17H23N7O4S. The van der Waals surface area contributed by atoms with Crippen molar-refractivity contribution in [2.75, 3.05) is 24.8 Å². The van der Waals surface area contributed by atoms with Crippen LogP contribution in [-0.2, 0) is 27.8 Å². The number of aryl methyl sites for hydroxylation is 1. The highest BCUT2D eigenvalue weighted by molar-refractivity contribution is 7.88. The summed E-state index contributed by atoms with van der Waals surface area (Å²) in [7, 11) is -3.35. The minimum absolute atomic E-state index is 0.0471. The van der Waals surface area contributed by atoms with E-state index in [1.165, 1.54) is 0 Å². The lowest BCUT2D eigenvalue weighted by Crippen LogP contribution is -2.28. The minimum atomic E-state index is -3.35. The van der Waals surface area contributed by atoms with Crippen LogP contribution >= 0.6 is 0 Å². The zero-order valence-electron chi connectivity index (χ0n) is 16.3. The maximum atomic E-state index is 11.3. The highest BCUT2D eigenvalue weighted by Gasteiger charge is 2.22. The van der Waals surface area contributed by atoms with E-state index < -0.39 is 10.0 Å². The quantitative estimate of drug-likeness (QED) is 0.575. The van der Waals surface area contributed by atoms with Gasteiger partial charge in [-0.15, -0.1) is 0 Å². The van der Waals surface area contributed by atoms with E-state index in [2.05, 4.69) is 30.3 Å². The second-order valence-electron chi connectivity index (χ2n) is 6.88. The zero-order valence-corrected chi connectivity index (χ0v) is 17.1. The van der Waals surface area contributed by atoms with Gasteiger partial charge in [0.05, 0.1) is 35.6 Å². The molecule has 2 N–H and O–H groups in total. The summed E-state index contributed by atoms with van der Waals surface area (Å²) in [4.78, 5) is 8.87. The van der Waals surface area contributed by atoms with Gasteiger partial charge in [-0.25, -0.2) is 22.8 Å². The highest BCUT2D eigenvalue weighted by Crippen LogP contribution is 2.34. The molecule has 1 aliphatic heterocycles. The van der Waals surface area contributed by atoms with E-state index in [4.69, 9.17) is 9.26 Å². The van der Waals surface area contributed by atoms with Crippen LogP contribution < -0.4 is 10.0 Å². The lowest BCUT2D eigenvalue weighted by atomic mass is 10.1. The molecule has 1 aliphatic rings. The number of rotatable bonds is 7. The lowest BCUT2D eigenvalue weighted by Gasteiger charge is -2.25. The first-order chi connectivity index (χ1) is 13.9. The van der Waals surface area contributed by atoms with Gasteiger partial charge in [0, 0.05) is 32.0 Å². The number of aromatic nitrogens is 5. The number of sulfonamides is 1. The van der Waals surface area contributed by atoms with Crippen LogP contribution in [0.4, 0.5) is 5.69 Å². The van der Waals surface area contributed by atoms with Gasteiger partial charge in [-0.1, -0.05) is 5.16 Å². The summed E-state index contributed by atoms with van der Waals surface area (Å²) in [5.74, 6) is 0.510. The van der Waals surface area contributed by atoms with Crippen LogP contribution in [0, 0.1) is 0 Å². The van der Waals surface area contributed by atoms with Crippen LogP contribution in [0.15, 0.2) is 16.9 Å². The number of hydrogen-bond donors (Lipinski definition) is 2. The lowest BCUT2D eigenvalue weighted by molar-refractivity contribution is 0.0905. The third-order valence-electron chi connectivity index (χ3n) is 4.73. The van der Waals surface area contributed by atoms with Crippen molar-refractivity contribution in [3.63, 3.8) is 0 Å². The molecule has 12 heteroatoms. The van der Waals surface area contributed by atoms with Gasteiger partial charge >= 0.3 is 0 Å². The van der Waals surface area contributed by atoms with Gasteiger partial charge in [0.15, 0.2) is 11.5 Å². The van der Waals surface area contributed by atoms with Gasteiger partial charge in [0.25, 0.3) is 5.89 Å². The smallest absolute Gasteiger partial charge is 0.261 e. The van der Waals surface area contributed by atoms with E-state index in [0.29, 0.717) is 25.3 Å². The van der Waals surface area contributed by atoms with Crippen molar-refractivity contribution >= 4 is 26.7 Å². The van der Waals surface area contributed by atoms with Crippen molar-refractivity contribution in [1.82, 2.24) is 29.6 Å². The van der Waals surface area contributed by atoms with Gasteiger partial charge in [0.2, 0.25) is 10.0 Å². The Morgan fingerprint density at radius 3 is 2.79 bits per heavy atom. The molecule has 3 aromatic rings. The second kappa shape index (κ2) is 8.05. The first-order valence-corrected chi connectivity index (χ1v) is 11.3. The Kier molecular flexibility index (Phi) is 5.48. The SMILES string of the molecule is CCn1ncc2c(NC3CCOCC3)c(-c3nc(CNS(C)(=O)=O)no3)cnc21. The van der Waals surface area contributed by atoms with Crippen molar-refractivity contribution in [1.29, 1.82) is 0 Å². The number of anilines is 1. The van der Waals surface area contributed by atoms with Gasteiger partial charge in [-0.3, -0.25) is 0 Å². The van der Waals surface area contributed by atoms with Crippen molar-refractivity contribution in [2.24, 2.45) is 0 Å². The molecule has 0 atom stereocenters. The molecular weight excluding hydrogens is 398 g/mol. The number of ether oxygens (including phenoxy) is 1. The first kappa shape index (κ1) is 19.7. The van der Waals surface area contributed by atoms with Crippen LogP contribution in [0.3, 0.4) is 0 Å². The Balaban J connectivity index is 1.71. The van der Waals surface area contributed by atoms with Crippen LogP contribution in [-0.4, -0.2) is 58.8 Å². The van der Waals surface area contributed by atoms with Crippen LogP contribution in [0.2, 0.25) is 0 Å². The van der Waals surface area contributed by atoms with E-state index >= 15 is 0 Å². The largest absolute Gasteiger partial charge is 0.381 e. The molecule has 156 valence electrons. The maximum Gasteiger partial charge on any atom is 0.261 e. The molecule has 0 spiro atoms. The molecule has 29 heavy (non-hydrogen) atoms. The molecule has 4 rings (SSSR count). The van der Waals surface area contributed by atoms with Crippen molar-refractivity contribution in [2.45, 2.75) is 38.9 Å². The Morgan fingerprint density at radius 2 is 2.07 bits per heavy atom. The molecule has 0 unspecified atom stereocenters. The second-order valence-corrected chi connectivity index (χ2v) is 8.72. The fourth-order valence-electron chi connectivity index (χ4n) is 3.25.